The number of morpholine rings is 1. The number of fused-ring (bicyclic) bond motifs is 1. The monoisotopic (exact) mass is 370 g/mol. The van der Waals surface area contributed by atoms with Gasteiger partial charge in [-0.1, -0.05) is 23.4 Å². The Morgan fingerprint density at radius 1 is 1.37 bits per heavy atom. The third-order valence-electron chi connectivity index (χ3n) is 4.81. The van der Waals surface area contributed by atoms with E-state index in [9.17, 15) is 4.79 Å². The molecule has 0 unspecified atom stereocenters. The van der Waals surface area contributed by atoms with E-state index in [4.69, 9.17) is 14.0 Å². The second-order valence-corrected chi connectivity index (χ2v) is 6.59. The van der Waals surface area contributed by atoms with E-state index in [2.05, 4.69) is 22.3 Å². The molecule has 8 nitrogen and oxygen atoms in total. The third kappa shape index (κ3) is 3.45. The standard InChI is InChI=1S/C19H22N4O4/c1-13-9-14-5-3-4-6-15(14)23(13)10-18(24)22-7-8-26-11-16(22)19-20-17(12-25-2)27-21-19/h3-6,9,16H,7-8,10-12H2,1-2H3/t16-/m0/s1. The quantitative estimate of drug-likeness (QED) is 0.684. The summed E-state index contributed by atoms with van der Waals surface area (Å²) in [5, 5.41) is 5.14. The van der Waals surface area contributed by atoms with E-state index in [-0.39, 0.29) is 25.1 Å². The second kappa shape index (κ2) is 7.50. The van der Waals surface area contributed by atoms with Gasteiger partial charge < -0.3 is 23.5 Å². The summed E-state index contributed by atoms with van der Waals surface area (Å²) >= 11 is 0. The summed E-state index contributed by atoms with van der Waals surface area (Å²) in [6.07, 6.45) is 0. The Hall–Kier alpha value is -2.71. The van der Waals surface area contributed by atoms with E-state index in [1.165, 1.54) is 0 Å². The molecule has 0 saturated carbocycles. The van der Waals surface area contributed by atoms with Crippen molar-refractivity contribution in [2.24, 2.45) is 0 Å². The van der Waals surface area contributed by atoms with Crippen LogP contribution in [0.4, 0.5) is 0 Å². The number of aromatic nitrogens is 3. The van der Waals surface area contributed by atoms with Gasteiger partial charge in [-0.05, 0) is 24.4 Å². The van der Waals surface area contributed by atoms with Crippen LogP contribution < -0.4 is 0 Å². The summed E-state index contributed by atoms with van der Waals surface area (Å²) in [5.41, 5.74) is 2.10. The molecule has 1 amide bonds. The molecule has 3 heterocycles. The molecule has 4 rings (SSSR count). The van der Waals surface area contributed by atoms with Gasteiger partial charge in [0.15, 0.2) is 5.82 Å². The highest BCUT2D eigenvalue weighted by Crippen LogP contribution is 2.24. The molecule has 2 aromatic heterocycles. The van der Waals surface area contributed by atoms with Crippen LogP contribution in [0.2, 0.25) is 0 Å². The zero-order chi connectivity index (χ0) is 18.8. The largest absolute Gasteiger partial charge is 0.377 e. The Morgan fingerprint density at radius 2 is 2.22 bits per heavy atom. The molecule has 1 aliphatic rings. The molecule has 1 aliphatic heterocycles. The molecular formula is C19H22N4O4. The van der Waals surface area contributed by atoms with Crippen LogP contribution in [0.3, 0.4) is 0 Å². The third-order valence-corrected chi connectivity index (χ3v) is 4.81. The minimum atomic E-state index is -0.359. The van der Waals surface area contributed by atoms with Crippen molar-refractivity contribution in [3.05, 3.63) is 47.7 Å². The molecule has 0 spiro atoms. The SMILES string of the molecule is COCc1nc([C@@H]2COCCN2C(=O)Cn2c(C)cc3ccccc32)no1. The van der Waals surface area contributed by atoms with Crippen LogP contribution in [-0.2, 0) is 27.4 Å². The summed E-state index contributed by atoms with van der Waals surface area (Å²) in [5.74, 6) is 0.841. The maximum Gasteiger partial charge on any atom is 0.252 e. The molecule has 0 radical (unpaired) electrons. The highest BCUT2D eigenvalue weighted by atomic mass is 16.5. The van der Waals surface area contributed by atoms with Gasteiger partial charge in [0.1, 0.15) is 19.2 Å². The molecule has 27 heavy (non-hydrogen) atoms. The molecule has 3 aromatic rings. The topological polar surface area (TPSA) is 82.6 Å². The summed E-state index contributed by atoms with van der Waals surface area (Å²) < 4.78 is 17.8. The number of rotatable bonds is 5. The Kier molecular flexibility index (Phi) is 4.91. The van der Waals surface area contributed by atoms with Crippen LogP contribution >= 0.6 is 0 Å². The molecule has 0 bridgehead atoms. The molecule has 1 atom stereocenters. The van der Waals surface area contributed by atoms with Crippen LogP contribution in [0.15, 0.2) is 34.9 Å². The highest BCUT2D eigenvalue weighted by Gasteiger charge is 2.32. The number of amides is 1. The normalized spacial score (nSPS) is 17.6. The average molecular weight is 370 g/mol. The molecule has 0 N–H and O–H groups in total. The number of carbonyl (C=O) groups is 1. The molecule has 1 aromatic carbocycles. The minimum Gasteiger partial charge on any atom is -0.377 e. The second-order valence-electron chi connectivity index (χ2n) is 6.59. The number of benzene rings is 1. The van der Waals surface area contributed by atoms with E-state index in [0.717, 1.165) is 16.6 Å². The van der Waals surface area contributed by atoms with Crippen LogP contribution in [0, 0.1) is 6.92 Å². The Morgan fingerprint density at radius 3 is 3.07 bits per heavy atom. The lowest BCUT2D eigenvalue weighted by Gasteiger charge is -2.34. The first-order valence-corrected chi connectivity index (χ1v) is 8.91. The summed E-state index contributed by atoms with van der Waals surface area (Å²) in [4.78, 5) is 19.2. The summed E-state index contributed by atoms with van der Waals surface area (Å²) in [7, 11) is 1.56. The predicted octanol–water partition coefficient (Wildman–Crippen LogP) is 2.08. The van der Waals surface area contributed by atoms with Gasteiger partial charge in [-0.25, -0.2) is 0 Å². The molecular weight excluding hydrogens is 348 g/mol. The molecule has 1 fully saturated rings. The Labute approximate surface area is 156 Å². The predicted molar refractivity (Wildman–Crippen MR) is 97.0 cm³/mol. The van der Waals surface area contributed by atoms with Crippen molar-refractivity contribution < 1.29 is 18.8 Å². The Balaban J connectivity index is 1.57. The minimum absolute atomic E-state index is 0.00541. The zero-order valence-corrected chi connectivity index (χ0v) is 15.4. The van der Waals surface area contributed by atoms with Crippen LogP contribution in [0.25, 0.3) is 10.9 Å². The van der Waals surface area contributed by atoms with Crippen molar-refractivity contribution in [3.63, 3.8) is 0 Å². The van der Waals surface area contributed by atoms with Gasteiger partial charge in [0.25, 0.3) is 5.89 Å². The van der Waals surface area contributed by atoms with E-state index >= 15 is 0 Å². The van der Waals surface area contributed by atoms with Crippen molar-refractivity contribution in [2.45, 2.75) is 26.1 Å². The highest BCUT2D eigenvalue weighted by molar-refractivity contribution is 5.84. The van der Waals surface area contributed by atoms with Crippen LogP contribution in [0.5, 0.6) is 0 Å². The maximum absolute atomic E-state index is 13.1. The van der Waals surface area contributed by atoms with E-state index in [0.29, 0.717) is 31.5 Å². The van der Waals surface area contributed by atoms with Gasteiger partial charge in [0.05, 0.1) is 13.2 Å². The fourth-order valence-corrected chi connectivity index (χ4v) is 3.49. The van der Waals surface area contributed by atoms with Crippen molar-refractivity contribution in [1.29, 1.82) is 0 Å². The lowest BCUT2D eigenvalue weighted by atomic mass is 10.2. The zero-order valence-electron chi connectivity index (χ0n) is 15.4. The van der Waals surface area contributed by atoms with E-state index in [1.54, 1.807) is 12.0 Å². The fraction of sp³-hybridized carbons (Fsp3) is 0.421. The van der Waals surface area contributed by atoms with Gasteiger partial charge in [-0.3, -0.25) is 4.79 Å². The Bertz CT molecular complexity index is 948. The van der Waals surface area contributed by atoms with E-state index < -0.39 is 0 Å². The lowest BCUT2D eigenvalue weighted by Crippen LogP contribution is -2.45. The van der Waals surface area contributed by atoms with Crippen molar-refractivity contribution in [1.82, 2.24) is 19.6 Å². The van der Waals surface area contributed by atoms with Gasteiger partial charge in [0.2, 0.25) is 5.91 Å². The van der Waals surface area contributed by atoms with Gasteiger partial charge in [-0.2, -0.15) is 4.98 Å². The van der Waals surface area contributed by atoms with Crippen LogP contribution in [0.1, 0.15) is 23.5 Å². The van der Waals surface area contributed by atoms with Gasteiger partial charge in [-0.15, -0.1) is 0 Å². The molecule has 1 saturated heterocycles. The number of hydrogen-bond acceptors (Lipinski definition) is 6. The smallest absolute Gasteiger partial charge is 0.252 e. The van der Waals surface area contributed by atoms with Gasteiger partial charge >= 0.3 is 0 Å². The number of ether oxygens (including phenoxy) is 2. The first kappa shape index (κ1) is 17.7. The number of aryl methyl sites for hydroxylation is 1. The van der Waals surface area contributed by atoms with Gasteiger partial charge in [0, 0.05) is 24.9 Å². The van der Waals surface area contributed by atoms with Crippen molar-refractivity contribution in [3.8, 4) is 0 Å². The number of hydrogen-bond donors (Lipinski definition) is 0. The molecule has 8 heteroatoms. The van der Waals surface area contributed by atoms with E-state index in [1.807, 2.05) is 29.7 Å². The average Bonchev–Trinajstić information content (AvgIpc) is 3.27. The van der Waals surface area contributed by atoms with Crippen molar-refractivity contribution >= 4 is 16.8 Å². The fourth-order valence-electron chi connectivity index (χ4n) is 3.49. The van der Waals surface area contributed by atoms with Crippen LogP contribution in [-0.4, -0.2) is 52.4 Å². The summed E-state index contributed by atoms with van der Waals surface area (Å²) in [6.45, 7) is 3.86. The number of para-hydroxylation sites is 1. The number of methoxy groups -OCH3 is 1. The molecule has 0 aliphatic carbocycles. The number of nitrogens with zero attached hydrogens (tertiary/aromatic N) is 4. The van der Waals surface area contributed by atoms with Crippen molar-refractivity contribution in [2.75, 3.05) is 26.9 Å². The molecule has 142 valence electrons. The lowest BCUT2D eigenvalue weighted by molar-refractivity contribution is -0.141. The maximum atomic E-state index is 13.1. The first-order chi connectivity index (χ1) is 13.2. The summed E-state index contributed by atoms with van der Waals surface area (Å²) in [6, 6.07) is 9.80. The first-order valence-electron chi connectivity index (χ1n) is 8.91. The number of carbonyl (C=O) groups excluding carboxylic acids is 1.